The molecule has 2 N–H and O–H groups in total. The number of halogens is 4. The Hall–Kier alpha value is -1.23. The first-order valence-corrected chi connectivity index (χ1v) is 10.0. The maximum atomic E-state index is 12.9. The molecule has 136 valence electrons. The molecule has 0 amide bonds. The molecule has 2 heterocycles. The maximum absolute atomic E-state index is 12.9. The van der Waals surface area contributed by atoms with Crippen LogP contribution in [0.15, 0.2) is 23.2 Å². The first-order chi connectivity index (χ1) is 11.6. The summed E-state index contributed by atoms with van der Waals surface area (Å²) in [6, 6.07) is 1.57. The number of nitrogens with zero attached hydrogens (tertiary/aromatic N) is 1. The van der Waals surface area contributed by atoms with Gasteiger partial charge in [0.25, 0.3) is 0 Å². The van der Waals surface area contributed by atoms with E-state index in [1.165, 1.54) is 11.8 Å². The Bertz CT molecular complexity index is 929. The lowest BCUT2D eigenvalue weighted by Gasteiger charge is -2.23. The third kappa shape index (κ3) is 3.40. The second-order valence-corrected chi connectivity index (χ2v) is 9.48. The Labute approximate surface area is 150 Å². The van der Waals surface area contributed by atoms with E-state index >= 15 is 0 Å². The van der Waals surface area contributed by atoms with Crippen LogP contribution in [0.2, 0.25) is 5.02 Å². The molecule has 3 rings (SSSR count). The van der Waals surface area contributed by atoms with Crippen LogP contribution < -0.4 is 5.32 Å². The lowest BCUT2D eigenvalue weighted by Crippen LogP contribution is -2.37. The zero-order valence-corrected chi connectivity index (χ0v) is 14.9. The predicted octanol–water partition coefficient (Wildman–Crippen LogP) is 3.05. The Morgan fingerprint density at radius 1 is 1.36 bits per heavy atom. The number of aromatic hydroxyl groups is 1. The number of rotatable bonds is 2. The van der Waals surface area contributed by atoms with Crippen LogP contribution in [0.25, 0.3) is 10.9 Å². The molecule has 1 fully saturated rings. The van der Waals surface area contributed by atoms with E-state index in [0.29, 0.717) is 18.4 Å². The molecule has 0 spiro atoms. The van der Waals surface area contributed by atoms with Crippen LogP contribution in [0, 0.1) is 0 Å². The molecular formula is C14H12ClF3N2O3S2. The third-order valence-electron chi connectivity index (χ3n) is 3.75. The normalized spacial score (nSPS) is 19.3. The fraction of sp³-hybridized carbons (Fsp3) is 0.357. The van der Waals surface area contributed by atoms with Crippen LogP contribution in [-0.2, 0) is 16.0 Å². The van der Waals surface area contributed by atoms with Gasteiger partial charge in [0.2, 0.25) is 0 Å². The Balaban J connectivity index is 2.14. The number of hydrogen-bond donors (Lipinski definition) is 2. The number of alkyl halides is 3. The van der Waals surface area contributed by atoms with Crippen molar-refractivity contribution in [3.05, 3.63) is 28.9 Å². The molecular weight excluding hydrogens is 401 g/mol. The van der Waals surface area contributed by atoms with E-state index in [1.54, 1.807) is 0 Å². The summed E-state index contributed by atoms with van der Waals surface area (Å²) >= 11 is 6.88. The third-order valence-corrected chi connectivity index (χ3v) is 7.98. The molecule has 1 aromatic heterocycles. The maximum Gasteiger partial charge on any atom is 0.417 e. The zero-order valence-electron chi connectivity index (χ0n) is 12.5. The number of aromatic nitrogens is 1. The van der Waals surface area contributed by atoms with Gasteiger partial charge in [0, 0.05) is 24.2 Å². The first-order valence-electron chi connectivity index (χ1n) is 7.07. The summed E-state index contributed by atoms with van der Waals surface area (Å²) in [5, 5.41) is 12.5. The topological polar surface area (TPSA) is 79.3 Å². The van der Waals surface area contributed by atoms with E-state index in [4.69, 9.17) is 11.6 Å². The summed E-state index contributed by atoms with van der Waals surface area (Å²) in [5.41, 5.74) is -1.29. The van der Waals surface area contributed by atoms with Crippen LogP contribution in [0.3, 0.4) is 0 Å². The van der Waals surface area contributed by atoms with Crippen molar-refractivity contribution in [2.75, 3.05) is 18.8 Å². The van der Waals surface area contributed by atoms with Gasteiger partial charge < -0.3 is 10.4 Å². The van der Waals surface area contributed by atoms with Gasteiger partial charge in [0.1, 0.15) is 15.2 Å². The largest absolute Gasteiger partial charge is 0.506 e. The minimum absolute atomic E-state index is 0.146. The molecule has 1 aliphatic heterocycles. The lowest BCUT2D eigenvalue weighted by molar-refractivity contribution is -0.137. The summed E-state index contributed by atoms with van der Waals surface area (Å²) in [6.45, 7) is 0.882. The van der Waals surface area contributed by atoms with Crippen molar-refractivity contribution in [2.24, 2.45) is 0 Å². The number of fused-ring (bicyclic) bond motifs is 1. The van der Waals surface area contributed by atoms with E-state index in [0.717, 1.165) is 12.3 Å². The average molecular weight is 413 g/mol. The quantitative estimate of drug-likeness (QED) is 0.789. The molecule has 11 heteroatoms. The number of benzene rings is 1. The Morgan fingerprint density at radius 2 is 2.08 bits per heavy atom. The standard InChI is InChI=1S/C14H12ClF3N2O3S2/c15-9-3-7-10(4-8(9)14(16,17)18)20-5-11(13(7)21)25(22,23)12-6-19-1-2-24-12/h3-5,12,19H,1-2,6H2,(H,20,21). The van der Waals surface area contributed by atoms with Gasteiger partial charge in [-0.05, 0) is 12.1 Å². The van der Waals surface area contributed by atoms with E-state index in [9.17, 15) is 26.7 Å². The summed E-state index contributed by atoms with van der Waals surface area (Å²) < 4.78 is 63.3. The van der Waals surface area contributed by atoms with E-state index in [-0.39, 0.29) is 17.4 Å². The fourth-order valence-corrected chi connectivity index (χ4v) is 6.04. The van der Waals surface area contributed by atoms with Gasteiger partial charge in [-0.25, -0.2) is 8.42 Å². The fourth-order valence-electron chi connectivity index (χ4n) is 2.49. The number of pyridine rings is 1. The van der Waals surface area contributed by atoms with Gasteiger partial charge in [-0.3, -0.25) is 4.98 Å². The Morgan fingerprint density at radius 3 is 2.68 bits per heavy atom. The molecule has 1 atom stereocenters. The smallest absolute Gasteiger partial charge is 0.417 e. The minimum Gasteiger partial charge on any atom is -0.506 e. The second kappa shape index (κ2) is 6.49. The molecule has 0 bridgehead atoms. The first kappa shape index (κ1) is 18.6. The van der Waals surface area contributed by atoms with Crippen molar-refractivity contribution in [1.82, 2.24) is 10.3 Å². The molecule has 1 unspecified atom stereocenters. The SMILES string of the molecule is O=S(=O)(c1cnc2cc(C(F)(F)F)c(Cl)cc2c1O)C1CNCCS1. The average Bonchev–Trinajstić information content (AvgIpc) is 2.55. The van der Waals surface area contributed by atoms with Crippen LogP contribution in [0.5, 0.6) is 5.75 Å². The van der Waals surface area contributed by atoms with Gasteiger partial charge in [0.15, 0.2) is 9.84 Å². The van der Waals surface area contributed by atoms with Crippen LogP contribution in [0.1, 0.15) is 5.56 Å². The van der Waals surface area contributed by atoms with Crippen molar-refractivity contribution in [3.63, 3.8) is 0 Å². The number of thioether (sulfide) groups is 1. The van der Waals surface area contributed by atoms with Crippen molar-refractivity contribution in [1.29, 1.82) is 0 Å². The van der Waals surface area contributed by atoms with Crippen LogP contribution in [0.4, 0.5) is 13.2 Å². The molecule has 0 radical (unpaired) electrons. The molecule has 1 aliphatic rings. The lowest BCUT2D eigenvalue weighted by atomic mass is 10.1. The molecule has 0 aliphatic carbocycles. The van der Waals surface area contributed by atoms with Gasteiger partial charge in [-0.1, -0.05) is 11.6 Å². The summed E-state index contributed by atoms with van der Waals surface area (Å²) in [6.07, 6.45) is -3.80. The number of hydrogen-bond acceptors (Lipinski definition) is 6. The highest BCUT2D eigenvalue weighted by atomic mass is 35.5. The zero-order chi connectivity index (χ0) is 18.4. The predicted molar refractivity (Wildman–Crippen MR) is 89.7 cm³/mol. The monoisotopic (exact) mass is 412 g/mol. The van der Waals surface area contributed by atoms with E-state index in [1.807, 2.05) is 0 Å². The van der Waals surface area contributed by atoms with Gasteiger partial charge >= 0.3 is 6.18 Å². The summed E-state index contributed by atoms with van der Waals surface area (Å²) in [5.74, 6) is -0.0568. The summed E-state index contributed by atoms with van der Waals surface area (Å²) in [4.78, 5) is 3.37. The van der Waals surface area contributed by atoms with Gasteiger partial charge in [0.05, 0.1) is 22.3 Å². The molecule has 0 saturated carbocycles. The molecule has 2 aromatic rings. The van der Waals surface area contributed by atoms with Crippen molar-refractivity contribution in [3.8, 4) is 5.75 Å². The van der Waals surface area contributed by atoms with Crippen molar-refractivity contribution >= 4 is 44.1 Å². The number of sulfone groups is 1. The molecule has 1 aromatic carbocycles. The highest BCUT2D eigenvalue weighted by Gasteiger charge is 2.36. The van der Waals surface area contributed by atoms with Crippen molar-refractivity contribution < 1.29 is 26.7 Å². The molecule has 5 nitrogen and oxygen atoms in total. The molecule has 25 heavy (non-hydrogen) atoms. The highest BCUT2D eigenvalue weighted by Crippen LogP contribution is 2.41. The van der Waals surface area contributed by atoms with Crippen LogP contribution >= 0.6 is 23.4 Å². The summed E-state index contributed by atoms with van der Waals surface area (Å²) in [7, 11) is -3.91. The number of nitrogens with one attached hydrogen (secondary N) is 1. The van der Waals surface area contributed by atoms with Gasteiger partial charge in [-0.15, -0.1) is 11.8 Å². The Kier molecular flexibility index (Phi) is 4.82. The van der Waals surface area contributed by atoms with Gasteiger partial charge in [-0.2, -0.15) is 13.2 Å². The van der Waals surface area contributed by atoms with Crippen molar-refractivity contribution in [2.45, 2.75) is 15.7 Å². The minimum atomic E-state index is -4.68. The van der Waals surface area contributed by atoms with Crippen LogP contribution in [-0.4, -0.2) is 41.9 Å². The molecule has 1 saturated heterocycles. The highest BCUT2D eigenvalue weighted by molar-refractivity contribution is 8.13. The van der Waals surface area contributed by atoms with E-state index in [2.05, 4.69) is 10.3 Å². The van der Waals surface area contributed by atoms with E-state index < -0.39 is 41.8 Å². The second-order valence-electron chi connectivity index (χ2n) is 5.37.